The number of hydrogen-bond donors (Lipinski definition) is 2. The molecule has 0 radical (unpaired) electrons. The summed E-state index contributed by atoms with van der Waals surface area (Å²) in [6, 6.07) is 5.84. The van der Waals surface area contributed by atoms with Gasteiger partial charge < -0.3 is 15.8 Å². The number of ether oxygens (including phenoxy) is 1. The number of nitrogens with two attached hydrogens (primary N) is 1. The fourth-order valence-corrected chi connectivity index (χ4v) is 2.14. The number of rotatable bonds is 7. The Morgan fingerprint density at radius 1 is 1.45 bits per heavy atom. The first kappa shape index (κ1) is 17.0. The lowest BCUT2D eigenvalue weighted by Crippen LogP contribution is -2.40. The van der Waals surface area contributed by atoms with Crippen LogP contribution in [0.25, 0.3) is 0 Å². The van der Waals surface area contributed by atoms with Gasteiger partial charge in [0.2, 0.25) is 0 Å². The van der Waals surface area contributed by atoms with Crippen molar-refractivity contribution < 1.29 is 9.53 Å². The lowest BCUT2D eigenvalue weighted by Gasteiger charge is -2.18. The van der Waals surface area contributed by atoms with Crippen LogP contribution in [0, 0.1) is 0 Å². The Morgan fingerprint density at radius 3 is 2.75 bits per heavy atom. The minimum Gasteiger partial charge on any atom is -0.481 e. The lowest BCUT2D eigenvalue weighted by atomic mass is 10.1. The molecule has 0 heterocycles. The maximum absolute atomic E-state index is 11.9. The van der Waals surface area contributed by atoms with Gasteiger partial charge in [0.05, 0.1) is 0 Å². The number of halogens is 1. The highest BCUT2D eigenvalue weighted by molar-refractivity contribution is 9.10. The van der Waals surface area contributed by atoms with Gasteiger partial charge in [0.25, 0.3) is 5.91 Å². The molecule has 1 rings (SSSR count). The summed E-state index contributed by atoms with van der Waals surface area (Å²) in [5.74, 6) is 0.589. The van der Waals surface area contributed by atoms with Crippen molar-refractivity contribution in [1.82, 2.24) is 5.32 Å². The average molecular weight is 343 g/mol. The van der Waals surface area contributed by atoms with Crippen molar-refractivity contribution in [2.24, 2.45) is 5.73 Å². The van der Waals surface area contributed by atoms with Crippen LogP contribution < -0.4 is 15.8 Å². The molecule has 112 valence electrons. The van der Waals surface area contributed by atoms with Gasteiger partial charge in [-0.25, -0.2) is 0 Å². The first-order valence-corrected chi connectivity index (χ1v) is 7.72. The molecule has 3 N–H and O–H groups in total. The molecule has 20 heavy (non-hydrogen) atoms. The third-order valence-corrected chi connectivity index (χ3v) is 3.89. The van der Waals surface area contributed by atoms with E-state index in [1.165, 1.54) is 0 Å². The molecule has 5 heteroatoms. The molecule has 1 amide bonds. The van der Waals surface area contributed by atoms with Crippen LogP contribution >= 0.6 is 15.9 Å². The zero-order chi connectivity index (χ0) is 15.1. The summed E-state index contributed by atoms with van der Waals surface area (Å²) in [7, 11) is 0. The zero-order valence-corrected chi connectivity index (χ0v) is 13.9. The molecule has 0 aliphatic rings. The normalized spacial score (nSPS) is 13.7. The van der Waals surface area contributed by atoms with Crippen molar-refractivity contribution in [2.75, 3.05) is 6.54 Å². The summed E-state index contributed by atoms with van der Waals surface area (Å²) in [6.07, 6.45) is 1.15. The monoisotopic (exact) mass is 342 g/mol. The van der Waals surface area contributed by atoms with Crippen LogP contribution in [0.2, 0.25) is 0 Å². The van der Waals surface area contributed by atoms with Gasteiger partial charge in [0.1, 0.15) is 5.75 Å². The van der Waals surface area contributed by atoms with Crippen LogP contribution in [0.15, 0.2) is 22.7 Å². The molecule has 0 bridgehead atoms. The molecule has 4 nitrogen and oxygen atoms in total. The van der Waals surface area contributed by atoms with Crippen molar-refractivity contribution in [2.45, 2.75) is 45.8 Å². The highest BCUT2D eigenvalue weighted by Crippen LogP contribution is 2.23. The third-order valence-electron chi connectivity index (χ3n) is 3.11. The van der Waals surface area contributed by atoms with Gasteiger partial charge in [-0.05, 0) is 57.0 Å². The Labute approximate surface area is 129 Å². The molecule has 0 saturated carbocycles. The summed E-state index contributed by atoms with van der Waals surface area (Å²) in [5.41, 5.74) is 6.66. The predicted octanol–water partition coefficient (Wildman–Crippen LogP) is 2.63. The number of carbonyl (C=O) groups is 1. The molecule has 1 aromatic rings. The molecule has 0 saturated heterocycles. The largest absolute Gasteiger partial charge is 0.481 e. The molecule has 0 aliphatic heterocycles. The van der Waals surface area contributed by atoms with Crippen LogP contribution in [0.3, 0.4) is 0 Å². The van der Waals surface area contributed by atoms with E-state index in [1.54, 1.807) is 6.92 Å². The van der Waals surface area contributed by atoms with E-state index in [0.717, 1.165) is 22.9 Å². The Hall–Kier alpha value is -1.07. The number of carbonyl (C=O) groups excluding carboxylic acids is 1. The van der Waals surface area contributed by atoms with Gasteiger partial charge in [-0.3, -0.25) is 4.79 Å². The lowest BCUT2D eigenvalue weighted by molar-refractivity contribution is -0.127. The molecule has 0 fully saturated rings. The molecule has 0 aromatic heterocycles. The van der Waals surface area contributed by atoms with E-state index in [-0.39, 0.29) is 11.9 Å². The number of hydrogen-bond acceptors (Lipinski definition) is 3. The van der Waals surface area contributed by atoms with Crippen LogP contribution in [0.5, 0.6) is 5.75 Å². The van der Waals surface area contributed by atoms with Gasteiger partial charge in [-0.2, -0.15) is 0 Å². The second-order valence-electron chi connectivity index (χ2n) is 4.87. The maximum Gasteiger partial charge on any atom is 0.260 e. The van der Waals surface area contributed by atoms with Gasteiger partial charge >= 0.3 is 0 Å². The van der Waals surface area contributed by atoms with Gasteiger partial charge in [-0.15, -0.1) is 0 Å². The highest BCUT2D eigenvalue weighted by atomic mass is 79.9. The average Bonchev–Trinajstić information content (AvgIpc) is 2.42. The fraction of sp³-hybridized carbons (Fsp3) is 0.533. The molecule has 2 atom stereocenters. The Balaban J connectivity index is 2.68. The third kappa shape index (κ3) is 5.13. The molecular formula is C15H23BrN2O2. The van der Waals surface area contributed by atoms with Gasteiger partial charge in [-0.1, -0.05) is 22.9 Å². The predicted molar refractivity (Wildman–Crippen MR) is 84.9 cm³/mol. The van der Waals surface area contributed by atoms with Crippen LogP contribution in [-0.4, -0.2) is 24.6 Å². The van der Waals surface area contributed by atoms with Crippen molar-refractivity contribution in [1.29, 1.82) is 0 Å². The van der Waals surface area contributed by atoms with Crippen LogP contribution in [-0.2, 0) is 11.2 Å². The van der Waals surface area contributed by atoms with E-state index in [0.29, 0.717) is 12.3 Å². The molecular weight excluding hydrogens is 320 g/mol. The van der Waals surface area contributed by atoms with Gasteiger partial charge in [0, 0.05) is 10.5 Å². The van der Waals surface area contributed by atoms with Crippen molar-refractivity contribution in [3.05, 3.63) is 28.2 Å². The van der Waals surface area contributed by atoms with Crippen molar-refractivity contribution in [3.63, 3.8) is 0 Å². The summed E-state index contributed by atoms with van der Waals surface area (Å²) in [4.78, 5) is 11.9. The van der Waals surface area contributed by atoms with Crippen LogP contribution in [0.1, 0.15) is 32.8 Å². The first-order chi connectivity index (χ1) is 9.47. The Bertz CT molecular complexity index is 451. The van der Waals surface area contributed by atoms with Crippen LogP contribution in [0.4, 0.5) is 0 Å². The summed E-state index contributed by atoms with van der Waals surface area (Å²) < 4.78 is 6.70. The van der Waals surface area contributed by atoms with E-state index in [4.69, 9.17) is 10.5 Å². The second kappa shape index (κ2) is 8.27. The van der Waals surface area contributed by atoms with E-state index in [1.807, 2.05) is 32.0 Å². The summed E-state index contributed by atoms with van der Waals surface area (Å²) in [5, 5.41) is 2.91. The maximum atomic E-state index is 11.9. The summed E-state index contributed by atoms with van der Waals surface area (Å²) >= 11 is 3.48. The second-order valence-corrected chi connectivity index (χ2v) is 5.72. The summed E-state index contributed by atoms with van der Waals surface area (Å²) in [6.45, 7) is 6.34. The van der Waals surface area contributed by atoms with E-state index < -0.39 is 6.10 Å². The highest BCUT2D eigenvalue weighted by Gasteiger charge is 2.16. The van der Waals surface area contributed by atoms with E-state index >= 15 is 0 Å². The van der Waals surface area contributed by atoms with E-state index in [9.17, 15) is 4.79 Å². The Kier molecular flexibility index (Phi) is 7.02. The molecule has 1 aromatic carbocycles. The minimum absolute atomic E-state index is 0.0948. The Morgan fingerprint density at radius 2 is 2.15 bits per heavy atom. The van der Waals surface area contributed by atoms with E-state index in [2.05, 4.69) is 21.2 Å². The number of amides is 1. The molecule has 0 spiro atoms. The smallest absolute Gasteiger partial charge is 0.260 e. The van der Waals surface area contributed by atoms with Gasteiger partial charge in [0.15, 0.2) is 6.10 Å². The molecule has 2 unspecified atom stereocenters. The minimum atomic E-state index is -0.518. The quantitative estimate of drug-likeness (QED) is 0.800. The zero-order valence-electron chi connectivity index (χ0n) is 12.3. The number of benzene rings is 1. The SMILES string of the molecule is CCC(C)NC(=O)C(C)Oc1ccc(Br)c(CCN)c1. The van der Waals surface area contributed by atoms with Crippen molar-refractivity contribution in [3.8, 4) is 5.75 Å². The molecule has 0 aliphatic carbocycles. The number of nitrogens with one attached hydrogen (secondary N) is 1. The first-order valence-electron chi connectivity index (χ1n) is 6.93. The van der Waals surface area contributed by atoms with Crippen molar-refractivity contribution >= 4 is 21.8 Å². The standard InChI is InChI=1S/C15H23BrN2O2/c1-4-10(2)18-15(19)11(3)20-13-5-6-14(16)12(9-13)7-8-17/h5-6,9-11H,4,7-8,17H2,1-3H3,(H,18,19). The topological polar surface area (TPSA) is 64.3 Å². The fourth-order valence-electron chi connectivity index (χ4n) is 1.69.